The van der Waals surface area contributed by atoms with E-state index in [9.17, 15) is 4.79 Å². The number of rotatable bonds is 15. The number of Topliss-reactive ketones (excluding diaryl/α,β-unsaturated/α-hetero) is 1. The van der Waals surface area contributed by atoms with E-state index >= 15 is 0 Å². The molecule has 1 rings (SSSR count). The Morgan fingerprint density at radius 2 is 1.62 bits per heavy atom. The normalized spacial score (nSPS) is 17.7. The summed E-state index contributed by atoms with van der Waals surface area (Å²) < 4.78 is 0. The molecule has 0 aliphatic heterocycles. The summed E-state index contributed by atoms with van der Waals surface area (Å²) in [5.74, 6) is 0.419. The Hall–Kier alpha value is -1.63. The zero-order valence-corrected chi connectivity index (χ0v) is 22.1. The van der Waals surface area contributed by atoms with Crippen molar-refractivity contribution in [3.63, 3.8) is 0 Å². The third-order valence-electron chi connectivity index (χ3n) is 6.72. The average Bonchev–Trinajstić information content (AvgIpc) is 2.72. The van der Waals surface area contributed by atoms with Crippen LogP contribution in [0.25, 0.3) is 0 Å². The lowest BCUT2D eigenvalue weighted by Gasteiger charge is -2.32. The highest BCUT2D eigenvalue weighted by atomic mass is 16.1. The average molecular weight is 439 g/mol. The number of ketones is 1. The maximum atomic E-state index is 12.1. The van der Waals surface area contributed by atoms with Crippen LogP contribution in [0.2, 0.25) is 0 Å². The molecule has 1 aliphatic carbocycles. The summed E-state index contributed by atoms with van der Waals surface area (Å²) in [4.78, 5) is 12.1. The number of hydrogen-bond acceptors (Lipinski definition) is 1. The van der Waals surface area contributed by atoms with Crippen molar-refractivity contribution in [2.45, 2.75) is 125 Å². The van der Waals surface area contributed by atoms with Crippen LogP contribution < -0.4 is 0 Å². The maximum Gasteiger partial charge on any atom is 0.133 e. The van der Waals surface area contributed by atoms with Gasteiger partial charge in [0.25, 0.3) is 0 Å². The van der Waals surface area contributed by atoms with Gasteiger partial charge in [0.05, 0.1) is 0 Å². The molecule has 0 fully saturated rings. The summed E-state index contributed by atoms with van der Waals surface area (Å²) in [6.07, 6.45) is 28.2. The molecule has 0 bridgehead atoms. The van der Waals surface area contributed by atoms with Crippen molar-refractivity contribution in [2.75, 3.05) is 0 Å². The van der Waals surface area contributed by atoms with Gasteiger partial charge < -0.3 is 0 Å². The molecule has 1 heteroatoms. The van der Waals surface area contributed by atoms with E-state index in [1.54, 1.807) is 5.57 Å². The topological polar surface area (TPSA) is 17.1 Å². The minimum Gasteiger partial charge on any atom is -0.300 e. The largest absolute Gasteiger partial charge is 0.300 e. The van der Waals surface area contributed by atoms with E-state index in [4.69, 9.17) is 0 Å². The van der Waals surface area contributed by atoms with Crippen LogP contribution in [0.5, 0.6) is 0 Å². The first-order valence-electron chi connectivity index (χ1n) is 13.2. The van der Waals surface area contributed by atoms with Gasteiger partial charge in [-0.3, -0.25) is 4.79 Å². The van der Waals surface area contributed by atoms with Gasteiger partial charge in [-0.05, 0) is 63.9 Å². The number of allylic oxidation sites excluding steroid dienone is 10. The lowest BCUT2D eigenvalue weighted by molar-refractivity contribution is -0.119. The van der Waals surface area contributed by atoms with Gasteiger partial charge in [-0.15, -0.1) is 0 Å². The number of hydrogen-bond donors (Lipinski definition) is 0. The molecule has 0 N–H and O–H groups in total. The molecular formula is C31H50O. The lowest BCUT2D eigenvalue weighted by Crippen LogP contribution is -2.19. The highest BCUT2D eigenvalue weighted by Gasteiger charge is 2.26. The van der Waals surface area contributed by atoms with Gasteiger partial charge in [-0.2, -0.15) is 0 Å². The van der Waals surface area contributed by atoms with Crippen LogP contribution in [-0.2, 0) is 4.79 Å². The summed E-state index contributed by atoms with van der Waals surface area (Å²) in [6.45, 7) is 13.5. The molecule has 0 heterocycles. The minimum absolute atomic E-state index is 0.292. The van der Waals surface area contributed by atoms with Crippen molar-refractivity contribution in [3.8, 4) is 0 Å². The monoisotopic (exact) mass is 438 g/mol. The first-order valence-corrected chi connectivity index (χ1v) is 13.2. The van der Waals surface area contributed by atoms with Gasteiger partial charge >= 0.3 is 0 Å². The van der Waals surface area contributed by atoms with Gasteiger partial charge in [0.2, 0.25) is 0 Å². The molecule has 0 aromatic carbocycles. The maximum absolute atomic E-state index is 12.1. The van der Waals surface area contributed by atoms with Gasteiger partial charge in [-0.1, -0.05) is 112 Å². The quantitative estimate of drug-likeness (QED) is 0.183. The van der Waals surface area contributed by atoms with Crippen molar-refractivity contribution in [1.29, 1.82) is 0 Å². The van der Waals surface area contributed by atoms with Gasteiger partial charge in [0.15, 0.2) is 0 Å². The molecule has 0 saturated carbocycles. The Kier molecular flexibility index (Phi) is 14.3. The predicted octanol–water partition coefficient (Wildman–Crippen LogP) is 10.0. The van der Waals surface area contributed by atoms with E-state index in [0.717, 1.165) is 19.3 Å². The fourth-order valence-corrected chi connectivity index (χ4v) is 4.57. The van der Waals surface area contributed by atoms with Crippen LogP contribution in [0.15, 0.2) is 58.7 Å². The minimum atomic E-state index is 0.292. The molecule has 0 atom stereocenters. The summed E-state index contributed by atoms with van der Waals surface area (Å²) >= 11 is 0. The summed E-state index contributed by atoms with van der Waals surface area (Å²) in [5.41, 5.74) is 5.84. The Balaban J connectivity index is 2.34. The third kappa shape index (κ3) is 12.4. The van der Waals surface area contributed by atoms with E-state index in [-0.39, 0.29) is 0 Å². The smallest absolute Gasteiger partial charge is 0.133 e. The molecule has 1 aliphatic rings. The molecule has 0 aromatic heterocycles. The molecule has 32 heavy (non-hydrogen) atoms. The van der Waals surface area contributed by atoms with E-state index in [2.05, 4.69) is 78.0 Å². The SMILES string of the molecule is CCCCCCCCCC(=O)CC/C=C(C)/C=C/C=C(C)/C=C/C1=C(C)CCCC1(C)C. The van der Waals surface area contributed by atoms with Gasteiger partial charge in [-0.25, -0.2) is 0 Å². The summed E-state index contributed by atoms with van der Waals surface area (Å²) in [6, 6.07) is 0. The first kappa shape index (κ1) is 28.4. The van der Waals surface area contributed by atoms with Crippen molar-refractivity contribution >= 4 is 5.78 Å². The predicted molar refractivity (Wildman–Crippen MR) is 143 cm³/mol. The van der Waals surface area contributed by atoms with Gasteiger partial charge in [0, 0.05) is 12.8 Å². The second-order valence-corrected chi connectivity index (χ2v) is 10.4. The van der Waals surface area contributed by atoms with E-state index in [0.29, 0.717) is 17.6 Å². The Morgan fingerprint density at radius 1 is 0.938 bits per heavy atom. The van der Waals surface area contributed by atoms with Crippen LogP contribution in [0.4, 0.5) is 0 Å². The number of carbonyl (C=O) groups is 1. The summed E-state index contributed by atoms with van der Waals surface area (Å²) in [7, 11) is 0. The summed E-state index contributed by atoms with van der Waals surface area (Å²) in [5, 5.41) is 0. The van der Waals surface area contributed by atoms with Crippen LogP contribution in [0, 0.1) is 5.41 Å². The zero-order valence-electron chi connectivity index (χ0n) is 22.1. The van der Waals surface area contributed by atoms with E-state index in [1.807, 2.05) is 0 Å². The molecule has 180 valence electrons. The van der Waals surface area contributed by atoms with Crippen LogP contribution in [-0.4, -0.2) is 5.78 Å². The van der Waals surface area contributed by atoms with E-state index in [1.165, 1.54) is 74.5 Å². The fourth-order valence-electron chi connectivity index (χ4n) is 4.57. The molecule has 0 radical (unpaired) electrons. The standard InChI is InChI=1S/C31H50O/c1-7-8-9-10-11-12-13-21-29(32)22-15-19-26(2)17-14-18-27(3)23-24-30-28(4)20-16-25-31(30,5)6/h14,17-19,23-24H,7-13,15-16,20-22,25H2,1-6H3/b17-14+,24-23+,26-19+,27-18+. The molecule has 0 spiro atoms. The molecule has 0 amide bonds. The van der Waals surface area contributed by atoms with Crippen LogP contribution in [0.1, 0.15) is 125 Å². The van der Waals surface area contributed by atoms with Crippen LogP contribution in [0.3, 0.4) is 0 Å². The van der Waals surface area contributed by atoms with Crippen molar-refractivity contribution < 1.29 is 4.79 Å². The molecular weight excluding hydrogens is 388 g/mol. The Bertz CT molecular complexity index is 709. The number of unbranched alkanes of at least 4 members (excludes halogenated alkanes) is 6. The second-order valence-electron chi connectivity index (χ2n) is 10.4. The van der Waals surface area contributed by atoms with Crippen molar-refractivity contribution in [3.05, 3.63) is 58.7 Å². The van der Waals surface area contributed by atoms with Gasteiger partial charge in [0.1, 0.15) is 5.78 Å². The molecule has 0 saturated heterocycles. The highest BCUT2D eigenvalue weighted by Crippen LogP contribution is 2.40. The number of carbonyl (C=O) groups excluding carboxylic acids is 1. The van der Waals surface area contributed by atoms with Crippen molar-refractivity contribution in [1.82, 2.24) is 0 Å². The Labute approximate surface area is 199 Å². The molecule has 0 unspecified atom stereocenters. The molecule has 1 nitrogen and oxygen atoms in total. The van der Waals surface area contributed by atoms with E-state index < -0.39 is 0 Å². The van der Waals surface area contributed by atoms with Crippen molar-refractivity contribution in [2.24, 2.45) is 5.41 Å². The zero-order chi connectivity index (χ0) is 23.8. The highest BCUT2D eigenvalue weighted by molar-refractivity contribution is 5.78. The second kappa shape index (κ2) is 16.1. The Morgan fingerprint density at radius 3 is 2.31 bits per heavy atom. The fraction of sp³-hybridized carbons (Fsp3) is 0.645. The molecule has 0 aromatic rings. The van der Waals surface area contributed by atoms with Crippen LogP contribution >= 0.6 is 0 Å². The lowest BCUT2D eigenvalue weighted by atomic mass is 9.72. The first-order chi connectivity index (χ1) is 15.3. The third-order valence-corrected chi connectivity index (χ3v) is 6.72.